The number of amides is 1. The highest BCUT2D eigenvalue weighted by atomic mass is 32.2. The van der Waals surface area contributed by atoms with Gasteiger partial charge in [0, 0.05) is 37.6 Å². The Labute approximate surface area is 195 Å². The first-order valence-corrected chi connectivity index (χ1v) is 11.7. The first-order valence-electron chi connectivity index (χ1n) is 10.5. The molecule has 0 bridgehead atoms. The zero-order chi connectivity index (χ0) is 23.4. The summed E-state index contributed by atoms with van der Waals surface area (Å²) in [4.78, 5) is 28.7. The van der Waals surface area contributed by atoms with Crippen LogP contribution in [0.5, 0.6) is 0 Å². The summed E-state index contributed by atoms with van der Waals surface area (Å²) >= 11 is 1.48. The fourth-order valence-electron chi connectivity index (χ4n) is 3.69. The van der Waals surface area contributed by atoms with Crippen LogP contribution in [0.2, 0.25) is 0 Å². The van der Waals surface area contributed by atoms with Crippen LogP contribution in [0.4, 0.5) is 10.1 Å². The number of benzene rings is 2. The third-order valence-corrected chi connectivity index (χ3v) is 6.12. The van der Waals surface area contributed by atoms with Gasteiger partial charge in [-0.25, -0.2) is 9.18 Å². The number of nitrogens with zero attached hydrogens (tertiary/aromatic N) is 5. The van der Waals surface area contributed by atoms with Crippen LogP contribution in [0.3, 0.4) is 0 Å². The van der Waals surface area contributed by atoms with E-state index in [2.05, 4.69) is 15.1 Å². The van der Waals surface area contributed by atoms with Crippen molar-refractivity contribution >= 4 is 29.3 Å². The molecule has 0 spiro atoms. The van der Waals surface area contributed by atoms with E-state index in [0.717, 1.165) is 22.4 Å². The molecule has 0 atom stereocenters. The van der Waals surface area contributed by atoms with Gasteiger partial charge >= 0.3 is 5.97 Å². The molecule has 1 aliphatic rings. The maximum atomic E-state index is 13.1. The number of piperazine rings is 1. The zero-order valence-corrected chi connectivity index (χ0v) is 19.2. The first-order chi connectivity index (χ1) is 16.0. The quantitative estimate of drug-likeness (QED) is 0.406. The average molecular weight is 470 g/mol. The Balaban J connectivity index is 1.28. The van der Waals surface area contributed by atoms with Crippen LogP contribution in [-0.2, 0) is 9.53 Å². The number of anilines is 1. The van der Waals surface area contributed by atoms with Crippen molar-refractivity contribution in [1.29, 1.82) is 0 Å². The van der Waals surface area contributed by atoms with Gasteiger partial charge in [0.1, 0.15) is 11.6 Å². The number of carbonyl (C=O) groups excluding carboxylic acids is 2. The number of hydrogen-bond donors (Lipinski definition) is 0. The van der Waals surface area contributed by atoms with Crippen molar-refractivity contribution in [3.63, 3.8) is 0 Å². The van der Waals surface area contributed by atoms with Crippen molar-refractivity contribution in [1.82, 2.24) is 19.7 Å². The lowest BCUT2D eigenvalue weighted by atomic mass is 10.2. The van der Waals surface area contributed by atoms with Gasteiger partial charge in [0.2, 0.25) is 0 Å². The maximum absolute atomic E-state index is 13.1. The molecule has 0 saturated carbocycles. The predicted molar refractivity (Wildman–Crippen MR) is 123 cm³/mol. The second kappa shape index (κ2) is 10.0. The second-order valence-electron chi connectivity index (χ2n) is 7.54. The van der Waals surface area contributed by atoms with Gasteiger partial charge in [0.25, 0.3) is 5.91 Å². The Bertz CT molecular complexity index is 1130. The van der Waals surface area contributed by atoms with Crippen molar-refractivity contribution < 1.29 is 18.7 Å². The lowest BCUT2D eigenvalue weighted by Crippen LogP contribution is -2.49. The topological polar surface area (TPSA) is 80.6 Å². The van der Waals surface area contributed by atoms with E-state index in [1.807, 2.05) is 17.7 Å². The number of rotatable bonds is 6. The van der Waals surface area contributed by atoms with E-state index in [1.54, 1.807) is 41.3 Å². The maximum Gasteiger partial charge on any atom is 0.338 e. The lowest BCUT2D eigenvalue weighted by molar-refractivity contribution is -0.134. The largest absolute Gasteiger partial charge is 0.452 e. The summed E-state index contributed by atoms with van der Waals surface area (Å²) < 4.78 is 20.2. The number of hydrogen-bond acceptors (Lipinski definition) is 7. The van der Waals surface area contributed by atoms with Crippen LogP contribution in [0.15, 0.2) is 53.7 Å². The molecule has 2 aromatic carbocycles. The molecule has 2 heterocycles. The Kier molecular flexibility index (Phi) is 6.93. The number of thioether (sulfide) groups is 1. The molecule has 0 aliphatic carbocycles. The fraction of sp³-hybridized carbons (Fsp3) is 0.304. The molecule has 1 aromatic heterocycles. The van der Waals surface area contributed by atoms with Crippen LogP contribution in [0.25, 0.3) is 5.69 Å². The molecule has 10 heteroatoms. The van der Waals surface area contributed by atoms with Crippen molar-refractivity contribution in [2.45, 2.75) is 12.1 Å². The van der Waals surface area contributed by atoms with E-state index in [9.17, 15) is 14.0 Å². The van der Waals surface area contributed by atoms with Crippen molar-refractivity contribution in [3.05, 3.63) is 65.7 Å². The van der Waals surface area contributed by atoms with E-state index in [0.29, 0.717) is 31.7 Å². The molecule has 3 aromatic rings. The molecule has 0 N–H and O–H groups in total. The van der Waals surface area contributed by atoms with Crippen LogP contribution in [0.1, 0.15) is 16.2 Å². The van der Waals surface area contributed by atoms with Crippen molar-refractivity contribution in [2.75, 3.05) is 43.9 Å². The standard InChI is InChI=1S/C23H24FN5O3S/c1-16-25-26-23(33-2)29(16)20-7-3-17(4-8-20)22(31)32-15-21(30)28-13-11-27(12-14-28)19-9-5-18(24)6-10-19/h3-10H,11-15H2,1-2H3. The van der Waals surface area contributed by atoms with Gasteiger partial charge in [-0.15, -0.1) is 10.2 Å². The summed E-state index contributed by atoms with van der Waals surface area (Å²) in [7, 11) is 0. The minimum Gasteiger partial charge on any atom is -0.452 e. The van der Waals surface area contributed by atoms with Crippen LogP contribution in [0, 0.1) is 12.7 Å². The zero-order valence-electron chi connectivity index (χ0n) is 18.4. The van der Waals surface area contributed by atoms with Gasteiger partial charge in [0.15, 0.2) is 11.8 Å². The molecule has 33 heavy (non-hydrogen) atoms. The normalized spacial score (nSPS) is 13.8. The number of aromatic nitrogens is 3. The highest BCUT2D eigenvalue weighted by molar-refractivity contribution is 7.98. The predicted octanol–water partition coefficient (Wildman–Crippen LogP) is 2.94. The highest BCUT2D eigenvalue weighted by Gasteiger charge is 2.22. The molecule has 0 unspecified atom stereocenters. The Morgan fingerprint density at radius 2 is 1.61 bits per heavy atom. The molecule has 1 fully saturated rings. The molecule has 1 amide bonds. The summed E-state index contributed by atoms with van der Waals surface area (Å²) in [5.74, 6) is -0.309. The lowest BCUT2D eigenvalue weighted by Gasteiger charge is -2.36. The SMILES string of the molecule is CSc1nnc(C)n1-c1ccc(C(=O)OCC(=O)N2CCN(c3ccc(F)cc3)CC2)cc1. The Hall–Kier alpha value is -3.40. The van der Waals surface area contributed by atoms with Crippen molar-refractivity contribution in [3.8, 4) is 5.69 Å². The minimum atomic E-state index is -0.551. The van der Waals surface area contributed by atoms with Gasteiger partial charge < -0.3 is 14.5 Å². The molecule has 8 nitrogen and oxygen atoms in total. The number of halogens is 1. The number of ether oxygens (including phenoxy) is 1. The average Bonchev–Trinajstić information content (AvgIpc) is 3.23. The summed E-state index contributed by atoms with van der Waals surface area (Å²) in [5.41, 5.74) is 2.13. The number of aryl methyl sites for hydroxylation is 1. The summed E-state index contributed by atoms with van der Waals surface area (Å²) in [6, 6.07) is 13.2. The van der Waals surface area contributed by atoms with E-state index >= 15 is 0 Å². The summed E-state index contributed by atoms with van der Waals surface area (Å²) in [6.07, 6.45) is 1.92. The van der Waals surface area contributed by atoms with E-state index in [1.165, 1.54) is 23.9 Å². The fourth-order valence-corrected chi connectivity index (χ4v) is 4.23. The molecular formula is C23H24FN5O3S. The van der Waals surface area contributed by atoms with Gasteiger partial charge in [-0.3, -0.25) is 9.36 Å². The first kappa shape index (κ1) is 22.8. The summed E-state index contributed by atoms with van der Waals surface area (Å²) in [6.45, 7) is 3.84. The minimum absolute atomic E-state index is 0.233. The second-order valence-corrected chi connectivity index (χ2v) is 8.31. The van der Waals surface area contributed by atoms with Crippen molar-refractivity contribution in [2.24, 2.45) is 0 Å². The van der Waals surface area contributed by atoms with E-state index < -0.39 is 5.97 Å². The highest BCUT2D eigenvalue weighted by Crippen LogP contribution is 2.20. The molecular weight excluding hydrogens is 445 g/mol. The van der Waals surface area contributed by atoms with Crippen LogP contribution < -0.4 is 4.90 Å². The molecule has 1 saturated heterocycles. The van der Waals surface area contributed by atoms with Gasteiger partial charge in [-0.2, -0.15) is 0 Å². The van der Waals surface area contributed by atoms with Crippen LogP contribution in [-0.4, -0.2) is 70.6 Å². The molecule has 4 rings (SSSR count). The van der Waals surface area contributed by atoms with Gasteiger partial charge in [0.05, 0.1) is 5.56 Å². The smallest absolute Gasteiger partial charge is 0.338 e. The van der Waals surface area contributed by atoms with E-state index in [-0.39, 0.29) is 18.3 Å². The Morgan fingerprint density at radius 1 is 0.970 bits per heavy atom. The number of carbonyl (C=O) groups is 2. The molecule has 1 aliphatic heterocycles. The summed E-state index contributed by atoms with van der Waals surface area (Å²) in [5, 5.41) is 8.95. The third-order valence-electron chi connectivity index (χ3n) is 5.49. The third kappa shape index (κ3) is 5.16. The molecule has 0 radical (unpaired) electrons. The Morgan fingerprint density at radius 3 is 2.24 bits per heavy atom. The monoisotopic (exact) mass is 469 g/mol. The van der Waals surface area contributed by atoms with Gasteiger partial charge in [-0.1, -0.05) is 11.8 Å². The van der Waals surface area contributed by atoms with E-state index in [4.69, 9.17) is 4.74 Å². The number of esters is 1. The van der Waals surface area contributed by atoms with Crippen LogP contribution >= 0.6 is 11.8 Å². The van der Waals surface area contributed by atoms with Gasteiger partial charge in [-0.05, 0) is 61.7 Å². The molecule has 172 valence electrons.